The van der Waals surface area contributed by atoms with Gasteiger partial charge in [0.05, 0.1) is 12.6 Å². The largest absolute Gasteiger partial charge is 0.423 e. The van der Waals surface area contributed by atoms with E-state index in [1.54, 1.807) is 25.1 Å². The van der Waals surface area contributed by atoms with Crippen LogP contribution in [0.4, 0.5) is 10.1 Å². The fraction of sp³-hybridized carbons (Fsp3) is 0.545. The Bertz CT molecular complexity index is 1660. The predicted molar refractivity (Wildman–Crippen MR) is 166 cm³/mol. The highest BCUT2D eigenvalue weighted by Crippen LogP contribution is 2.64. The van der Waals surface area contributed by atoms with Gasteiger partial charge in [0.15, 0.2) is 16.8 Å². The highest BCUT2D eigenvalue weighted by molar-refractivity contribution is 6.31. The topological polar surface area (TPSA) is 119 Å². The average Bonchev–Trinajstić information content (AvgIpc) is 3.65. The third-order valence-corrected chi connectivity index (χ3v) is 11.2. The number of nitrogens with one attached hydrogen (secondary N) is 2. The second-order valence-electron chi connectivity index (χ2n) is 13.9. The summed E-state index contributed by atoms with van der Waals surface area (Å²) in [4.78, 5) is 33.1. The lowest BCUT2D eigenvalue weighted by Crippen LogP contribution is -2.61. The molecule has 238 valence electrons. The van der Waals surface area contributed by atoms with Crippen molar-refractivity contribution in [2.75, 3.05) is 11.9 Å². The van der Waals surface area contributed by atoms with E-state index in [4.69, 9.17) is 32.4 Å². The summed E-state index contributed by atoms with van der Waals surface area (Å²) in [6.07, 6.45) is 5.61. The number of amides is 1. The van der Waals surface area contributed by atoms with Gasteiger partial charge in [0.2, 0.25) is 17.7 Å². The van der Waals surface area contributed by atoms with Crippen molar-refractivity contribution >= 4 is 40.6 Å². The molecular formula is C33H36Cl2FN5O4. The van der Waals surface area contributed by atoms with Crippen molar-refractivity contribution in [3.05, 3.63) is 69.4 Å². The maximum Gasteiger partial charge on any atom is 0.245 e. The summed E-state index contributed by atoms with van der Waals surface area (Å²) in [7, 11) is 0. The molecule has 7 rings (SSSR count). The van der Waals surface area contributed by atoms with Crippen molar-refractivity contribution in [2.24, 2.45) is 11.3 Å². The number of Topliss-reactive ketones (excluding diaryl/α,β-unsaturated/α-hetero) is 1. The summed E-state index contributed by atoms with van der Waals surface area (Å²) in [5, 5.41) is 15.0. The molecule has 12 heteroatoms. The van der Waals surface area contributed by atoms with Crippen LogP contribution in [0.1, 0.15) is 93.7 Å². The Morgan fingerprint density at radius 1 is 1.11 bits per heavy atom. The molecule has 2 saturated heterocycles. The van der Waals surface area contributed by atoms with E-state index in [-0.39, 0.29) is 46.3 Å². The lowest BCUT2D eigenvalue weighted by molar-refractivity contribution is -0.125. The summed E-state index contributed by atoms with van der Waals surface area (Å²) in [6.45, 7) is 6.52. The van der Waals surface area contributed by atoms with Crippen LogP contribution in [0.15, 0.2) is 34.9 Å². The van der Waals surface area contributed by atoms with Crippen LogP contribution < -0.4 is 10.6 Å². The minimum absolute atomic E-state index is 0.0573. The first-order chi connectivity index (χ1) is 21.4. The van der Waals surface area contributed by atoms with Crippen molar-refractivity contribution in [1.82, 2.24) is 20.5 Å². The third kappa shape index (κ3) is 4.91. The lowest BCUT2D eigenvalue weighted by atomic mass is 9.53. The van der Waals surface area contributed by atoms with E-state index in [0.717, 1.165) is 24.8 Å². The summed E-state index contributed by atoms with van der Waals surface area (Å²) >= 11 is 12.7. The fourth-order valence-electron chi connectivity index (χ4n) is 8.39. The van der Waals surface area contributed by atoms with Crippen LogP contribution in [0.5, 0.6) is 0 Å². The molecule has 45 heavy (non-hydrogen) atoms. The summed E-state index contributed by atoms with van der Waals surface area (Å²) in [5.74, 6) is -1.11. The van der Waals surface area contributed by atoms with Crippen molar-refractivity contribution in [2.45, 2.75) is 94.7 Å². The number of halogens is 3. The SMILES string of the molecule is Cc1nnc([C@@H]2CC[C@@H](CC(=O)[C@@H]3NC4(CCC(C)(C)CC4)[C@@]4(C(=O)Nc5cc(Cl)ccc54)[C@H]3c3ccnc(Cl)c3F)CO2)o1. The van der Waals surface area contributed by atoms with E-state index < -0.39 is 28.7 Å². The number of aromatic nitrogens is 3. The highest BCUT2D eigenvalue weighted by Gasteiger charge is 2.72. The van der Waals surface area contributed by atoms with Gasteiger partial charge >= 0.3 is 0 Å². The molecular weight excluding hydrogens is 620 g/mol. The number of ether oxygens (including phenoxy) is 1. The maximum atomic E-state index is 16.1. The molecule has 3 aromatic rings. The van der Waals surface area contributed by atoms with Crippen molar-refractivity contribution in [1.29, 1.82) is 0 Å². The van der Waals surface area contributed by atoms with Gasteiger partial charge in [-0.15, -0.1) is 10.2 Å². The Morgan fingerprint density at radius 3 is 2.58 bits per heavy atom. The maximum absolute atomic E-state index is 16.1. The van der Waals surface area contributed by atoms with Gasteiger partial charge in [0.25, 0.3) is 0 Å². The zero-order chi connectivity index (χ0) is 31.7. The summed E-state index contributed by atoms with van der Waals surface area (Å²) in [6, 6.07) is 6.04. The van der Waals surface area contributed by atoms with Crippen molar-refractivity contribution in [3.8, 4) is 0 Å². The van der Waals surface area contributed by atoms with Crippen molar-refractivity contribution < 1.29 is 23.1 Å². The van der Waals surface area contributed by atoms with E-state index in [0.29, 0.717) is 48.4 Å². The van der Waals surface area contributed by atoms with Gasteiger partial charge in [-0.1, -0.05) is 43.1 Å². The number of benzene rings is 1. The molecule has 0 unspecified atom stereocenters. The Balaban J connectivity index is 1.30. The van der Waals surface area contributed by atoms with E-state index in [2.05, 4.69) is 39.7 Å². The Morgan fingerprint density at radius 2 is 1.89 bits per heavy atom. The van der Waals surface area contributed by atoms with Crippen molar-refractivity contribution in [3.63, 3.8) is 0 Å². The number of anilines is 1. The first-order valence-corrected chi connectivity index (χ1v) is 16.3. The van der Waals surface area contributed by atoms with E-state index >= 15 is 4.39 Å². The van der Waals surface area contributed by atoms with Gasteiger partial charge in [-0.3, -0.25) is 14.9 Å². The number of fused-ring (bicyclic) bond motifs is 3. The van der Waals surface area contributed by atoms with E-state index in [9.17, 15) is 9.59 Å². The molecule has 2 aromatic heterocycles. The van der Waals surface area contributed by atoms with E-state index in [1.807, 2.05) is 6.07 Å². The second kappa shape index (κ2) is 11.1. The molecule has 1 saturated carbocycles. The smallest absolute Gasteiger partial charge is 0.245 e. The van der Waals surface area contributed by atoms with Gasteiger partial charge < -0.3 is 14.5 Å². The molecule has 1 aromatic carbocycles. The minimum atomic E-state index is -1.29. The molecule has 2 N–H and O–H groups in total. The zero-order valence-corrected chi connectivity index (χ0v) is 27.0. The third-order valence-electron chi connectivity index (χ3n) is 10.7. The molecule has 3 aliphatic heterocycles. The standard InChI is InChI=1S/C33H36Cl2FN5O4/c1-17-40-41-29(45-17)24-7-4-18(16-44-24)14-23(42)27-25(20-8-13-37-28(35)26(20)36)33(32(39-27)11-9-31(2,3)10-12-32)21-6-5-19(34)15-22(21)38-30(33)43/h5-6,8,13,15,18,24-25,27,39H,4,7,9-12,14,16H2,1-3H3,(H,38,43)/t18-,24-,25-,27-,33+/m0/s1. The number of ketones is 1. The normalized spacial score (nSPS) is 30.0. The average molecular weight is 657 g/mol. The number of aryl methyl sites for hydroxylation is 1. The first kappa shape index (κ1) is 30.7. The van der Waals surface area contributed by atoms with Crippen LogP contribution in [0.2, 0.25) is 10.2 Å². The molecule has 2 spiro atoms. The molecule has 5 atom stereocenters. The van der Waals surface area contributed by atoms with Crippen LogP contribution >= 0.6 is 23.2 Å². The number of carbonyl (C=O) groups excluding carboxylic acids is 2. The second-order valence-corrected chi connectivity index (χ2v) is 14.7. The van der Waals surface area contributed by atoms with Crippen LogP contribution in [0, 0.1) is 24.1 Å². The number of pyridine rings is 1. The summed E-state index contributed by atoms with van der Waals surface area (Å²) in [5.41, 5.74) is -0.549. The predicted octanol–water partition coefficient (Wildman–Crippen LogP) is 6.63. The zero-order valence-electron chi connectivity index (χ0n) is 25.5. The molecule has 0 bridgehead atoms. The van der Waals surface area contributed by atoms with Crippen LogP contribution in [0.25, 0.3) is 0 Å². The number of carbonyl (C=O) groups is 2. The molecule has 9 nitrogen and oxygen atoms in total. The van der Waals surface area contributed by atoms with Gasteiger partial charge in [-0.2, -0.15) is 0 Å². The number of rotatable bonds is 5. The Labute approximate surface area is 271 Å². The molecule has 1 amide bonds. The number of nitrogens with zero attached hydrogens (tertiary/aromatic N) is 3. The highest BCUT2D eigenvalue weighted by atomic mass is 35.5. The van der Waals surface area contributed by atoms with Gasteiger partial charge in [0, 0.05) is 41.7 Å². The number of hydrogen-bond acceptors (Lipinski definition) is 8. The Hall–Kier alpha value is -2.92. The number of hydrogen-bond donors (Lipinski definition) is 2. The summed E-state index contributed by atoms with van der Waals surface area (Å²) < 4.78 is 27.7. The molecule has 1 aliphatic carbocycles. The molecule has 0 radical (unpaired) electrons. The molecule has 4 aliphatic rings. The van der Waals surface area contributed by atoms with Crippen LogP contribution in [0.3, 0.4) is 0 Å². The molecule has 3 fully saturated rings. The minimum Gasteiger partial charge on any atom is -0.423 e. The first-order valence-electron chi connectivity index (χ1n) is 15.6. The van der Waals surface area contributed by atoms with Crippen LogP contribution in [-0.4, -0.2) is 45.1 Å². The fourth-order valence-corrected chi connectivity index (χ4v) is 8.73. The monoisotopic (exact) mass is 655 g/mol. The van der Waals surface area contributed by atoms with Crippen LogP contribution in [-0.2, 0) is 19.7 Å². The van der Waals surface area contributed by atoms with Gasteiger partial charge in [-0.05, 0) is 79.2 Å². The lowest BCUT2D eigenvalue weighted by Gasteiger charge is -2.50. The quantitative estimate of drug-likeness (QED) is 0.294. The van der Waals surface area contributed by atoms with E-state index in [1.165, 1.54) is 6.20 Å². The molecule has 5 heterocycles. The van der Waals surface area contributed by atoms with Gasteiger partial charge in [-0.25, -0.2) is 9.37 Å². The van der Waals surface area contributed by atoms with Gasteiger partial charge in [0.1, 0.15) is 11.5 Å². The Kier molecular flexibility index (Phi) is 7.58.